The standard InChI is InChI=1S/C19H22N4O5S2/c1-5-23-14-7-6-12(30(20,26)27)8-13(14)22-19(23)29-9-15(24)17-10(2)16(11(3)21-17)18(25)28-4/h6-8,21H,5,9H2,1-4H3,(H2,20,26,27). The number of aromatic amines is 1. The molecule has 2 aromatic heterocycles. The minimum atomic E-state index is -3.83. The van der Waals surface area contributed by atoms with Gasteiger partial charge < -0.3 is 14.3 Å². The van der Waals surface area contributed by atoms with Crippen LogP contribution in [0.1, 0.15) is 39.0 Å². The molecule has 0 amide bonds. The molecule has 3 rings (SSSR count). The van der Waals surface area contributed by atoms with Gasteiger partial charge in [0.2, 0.25) is 10.0 Å². The zero-order chi connectivity index (χ0) is 22.2. The second-order valence-corrected chi connectivity index (χ2v) is 9.17. The van der Waals surface area contributed by atoms with E-state index in [1.165, 1.54) is 31.0 Å². The van der Waals surface area contributed by atoms with Gasteiger partial charge in [0, 0.05) is 12.2 Å². The van der Waals surface area contributed by atoms with E-state index in [1.807, 2.05) is 11.5 Å². The summed E-state index contributed by atoms with van der Waals surface area (Å²) >= 11 is 1.24. The van der Waals surface area contributed by atoms with Crippen LogP contribution in [0.3, 0.4) is 0 Å². The van der Waals surface area contributed by atoms with Crippen molar-refractivity contribution in [2.75, 3.05) is 12.9 Å². The number of fused-ring (bicyclic) bond motifs is 1. The smallest absolute Gasteiger partial charge is 0.339 e. The zero-order valence-corrected chi connectivity index (χ0v) is 18.6. The number of nitrogens with two attached hydrogens (primary N) is 1. The number of carbonyl (C=O) groups is 2. The molecule has 0 atom stereocenters. The van der Waals surface area contributed by atoms with Gasteiger partial charge in [-0.05, 0) is 44.5 Å². The van der Waals surface area contributed by atoms with Crippen molar-refractivity contribution in [3.8, 4) is 0 Å². The van der Waals surface area contributed by atoms with E-state index in [2.05, 4.69) is 9.97 Å². The number of imidazole rings is 1. The lowest BCUT2D eigenvalue weighted by Crippen LogP contribution is -2.11. The second kappa shape index (κ2) is 8.25. The largest absolute Gasteiger partial charge is 0.465 e. The van der Waals surface area contributed by atoms with E-state index in [4.69, 9.17) is 9.88 Å². The molecule has 9 nitrogen and oxygen atoms in total. The van der Waals surface area contributed by atoms with Crippen molar-refractivity contribution >= 4 is 44.6 Å². The lowest BCUT2D eigenvalue weighted by Gasteiger charge is -2.05. The highest BCUT2D eigenvalue weighted by Gasteiger charge is 2.23. The van der Waals surface area contributed by atoms with Crippen LogP contribution in [0.5, 0.6) is 0 Å². The zero-order valence-electron chi connectivity index (χ0n) is 17.0. The molecule has 3 N–H and O–H groups in total. The number of aryl methyl sites for hydroxylation is 2. The van der Waals surface area contributed by atoms with Crippen molar-refractivity contribution in [1.29, 1.82) is 0 Å². The third-order valence-electron chi connectivity index (χ3n) is 4.77. The first-order valence-electron chi connectivity index (χ1n) is 9.05. The molecule has 3 aromatic rings. The first-order chi connectivity index (χ1) is 14.1. The fraction of sp³-hybridized carbons (Fsp3) is 0.316. The van der Waals surface area contributed by atoms with Gasteiger partial charge in [-0.2, -0.15) is 0 Å². The number of hydrogen-bond acceptors (Lipinski definition) is 7. The SMILES string of the molecule is CCn1c(SCC(=O)c2[nH]c(C)c(C(=O)OC)c2C)nc2cc(S(N)(=O)=O)ccc21. The van der Waals surface area contributed by atoms with Crippen LogP contribution in [0.4, 0.5) is 0 Å². The molecule has 30 heavy (non-hydrogen) atoms. The molecule has 0 aliphatic heterocycles. The second-order valence-electron chi connectivity index (χ2n) is 6.66. The lowest BCUT2D eigenvalue weighted by atomic mass is 10.1. The first kappa shape index (κ1) is 22.1. The Kier molecular flexibility index (Phi) is 6.06. The van der Waals surface area contributed by atoms with Gasteiger partial charge in [0.1, 0.15) is 0 Å². The topological polar surface area (TPSA) is 137 Å². The molecule has 0 saturated carbocycles. The fourth-order valence-electron chi connectivity index (χ4n) is 3.32. The van der Waals surface area contributed by atoms with Crippen LogP contribution in [0.15, 0.2) is 28.3 Å². The number of sulfonamides is 1. The van der Waals surface area contributed by atoms with Gasteiger partial charge in [0.15, 0.2) is 10.9 Å². The van der Waals surface area contributed by atoms with Crippen LogP contribution in [0.2, 0.25) is 0 Å². The Bertz CT molecular complexity index is 1260. The maximum absolute atomic E-state index is 12.8. The number of H-pyrrole nitrogens is 1. The van der Waals surface area contributed by atoms with Crippen LogP contribution in [0.25, 0.3) is 11.0 Å². The molecule has 160 valence electrons. The van der Waals surface area contributed by atoms with Gasteiger partial charge in [-0.25, -0.2) is 23.3 Å². The number of nitrogens with one attached hydrogen (secondary N) is 1. The van der Waals surface area contributed by atoms with E-state index in [1.54, 1.807) is 19.9 Å². The van der Waals surface area contributed by atoms with Gasteiger partial charge in [0.25, 0.3) is 0 Å². The number of methoxy groups -OCH3 is 1. The summed E-state index contributed by atoms with van der Waals surface area (Å²) in [4.78, 5) is 32.1. The lowest BCUT2D eigenvalue weighted by molar-refractivity contribution is 0.0599. The van der Waals surface area contributed by atoms with Crippen LogP contribution < -0.4 is 5.14 Å². The molecule has 1 aromatic carbocycles. The summed E-state index contributed by atoms with van der Waals surface area (Å²) in [5.41, 5.74) is 3.08. The summed E-state index contributed by atoms with van der Waals surface area (Å²) in [7, 11) is -2.54. The first-order valence-corrected chi connectivity index (χ1v) is 11.6. The Balaban J connectivity index is 1.88. The Labute approximate surface area is 178 Å². The van der Waals surface area contributed by atoms with Crippen molar-refractivity contribution in [2.45, 2.75) is 37.4 Å². The van der Waals surface area contributed by atoms with Crippen LogP contribution >= 0.6 is 11.8 Å². The van der Waals surface area contributed by atoms with Crippen molar-refractivity contribution in [3.05, 3.63) is 40.7 Å². The Hall–Kier alpha value is -2.63. The highest BCUT2D eigenvalue weighted by molar-refractivity contribution is 7.99. The van der Waals surface area contributed by atoms with Gasteiger partial charge in [-0.3, -0.25) is 4.79 Å². The minimum absolute atomic E-state index is 0.0174. The van der Waals surface area contributed by atoms with E-state index in [-0.39, 0.29) is 16.4 Å². The van der Waals surface area contributed by atoms with E-state index < -0.39 is 16.0 Å². The van der Waals surface area contributed by atoms with Gasteiger partial charge in [-0.1, -0.05) is 11.8 Å². The highest BCUT2D eigenvalue weighted by atomic mass is 32.2. The number of aromatic nitrogens is 3. The Morgan fingerprint density at radius 3 is 2.60 bits per heavy atom. The van der Waals surface area contributed by atoms with Crippen molar-refractivity contribution in [3.63, 3.8) is 0 Å². The number of hydrogen-bond donors (Lipinski definition) is 2. The van der Waals surface area contributed by atoms with Crippen molar-refractivity contribution in [2.24, 2.45) is 5.14 Å². The molecular formula is C19H22N4O5S2. The number of ketones is 1. The van der Waals surface area contributed by atoms with E-state index in [0.717, 1.165) is 5.52 Å². The number of ether oxygens (including phenoxy) is 1. The van der Waals surface area contributed by atoms with Crippen molar-refractivity contribution < 1.29 is 22.7 Å². The number of thioether (sulfide) groups is 1. The fourth-order valence-corrected chi connectivity index (χ4v) is 4.80. The summed E-state index contributed by atoms with van der Waals surface area (Å²) in [6, 6.07) is 4.51. The maximum atomic E-state index is 12.8. The molecular weight excluding hydrogens is 428 g/mol. The van der Waals surface area contributed by atoms with Crippen LogP contribution in [-0.4, -0.2) is 47.6 Å². The number of primary sulfonamides is 1. The number of rotatable bonds is 7. The Morgan fingerprint density at radius 2 is 2.00 bits per heavy atom. The molecule has 0 unspecified atom stereocenters. The number of Topliss-reactive ketones (excluding diaryl/α,β-unsaturated/α-hetero) is 1. The maximum Gasteiger partial charge on any atom is 0.339 e. The number of esters is 1. The average Bonchev–Trinajstić information content (AvgIpc) is 3.20. The predicted molar refractivity (Wildman–Crippen MR) is 113 cm³/mol. The quantitative estimate of drug-likeness (QED) is 0.320. The number of carbonyl (C=O) groups excluding carboxylic acids is 2. The van der Waals surface area contributed by atoms with Gasteiger partial charge in [-0.15, -0.1) is 0 Å². The summed E-state index contributed by atoms with van der Waals surface area (Å²) < 4.78 is 29.9. The predicted octanol–water partition coefficient (Wildman–Crippen LogP) is 2.41. The molecule has 0 fully saturated rings. The van der Waals surface area contributed by atoms with E-state index in [9.17, 15) is 18.0 Å². The molecule has 2 heterocycles. The summed E-state index contributed by atoms with van der Waals surface area (Å²) in [5.74, 6) is -0.589. The van der Waals surface area contributed by atoms with E-state index >= 15 is 0 Å². The third-order valence-corrected chi connectivity index (χ3v) is 6.66. The molecule has 0 aliphatic rings. The summed E-state index contributed by atoms with van der Waals surface area (Å²) in [6.45, 7) is 5.93. The minimum Gasteiger partial charge on any atom is -0.465 e. The van der Waals surface area contributed by atoms with Gasteiger partial charge in [0.05, 0.1) is 40.0 Å². The molecule has 0 bridgehead atoms. The monoisotopic (exact) mass is 450 g/mol. The molecule has 0 saturated heterocycles. The molecule has 0 aliphatic carbocycles. The highest BCUT2D eigenvalue weighted by Crippen LogP contribution is 2.27. The number of nitrogens with zero attached hydrogens (tertiary/aromatic N) is 2. The summed E-state index contributed by atoms with van der Waals surface area (Å²) in [6.07, 6.45) is 0. The molecule has 11 heteroatoms. The molecule has 0 spiro atoms. The van der Waals surface area contributed by atoms with Crippen molar-refractivity contribution in [1.82, 2.24) is 14.5 Å². The average molecular weight is 451 g/mol. The normalized spacial score (nSPS) is 11.8. The van der Waals surface area contributed by atoms with Crippen LogP contribution in [0, 0.1) is 13.8 Å². The van der Waals surface area contributed by atoms with Gasteiger partial charge >= 0.3 is 5.97 Å². The summed E-state index contributed by atoms with van der Waals surface area (Å²) in [5, 5.41) is 5.78. The molecule has 0 radical (unpaired) electrons. The number of benzene rings is 1. The van der Waals surface area contributed by atoms with E-state index in [0.29, 0.717) is 39.7 Å². The van der Waals surface area contributed by atoms with Crippen LogP contribution in [-0.2, 0) is 21.3 Å². The Morgan fingerprint density at radius 1 is 1.30 bits per heavy atom. The third kappa shape index (κ3) is 4.00.